The zero-order chi connectivity index (χ0) is 21.0. The summed E-state index contributed by atoms with van der Waals surface area (Å²) < 4.78 is 28.1. The van der Waals surface area contributed by atoms with Gasteiger partial charge >= 0.3 is 0 Å². The Labute approximate surface area is 173 Å². The lowest BCUT2D eigenvalue weighted by Crippen LogP contribution is -2.38. The summed E-state index contributed by atoms with van der Waals surface area (Å²) in [6, 6.07) is 9.21. The minimum atomic E-state index is -3.55. The fraction of sp³-hybridized carbons (Fsp3) is 0.545. The number of imidazole rings is 1. The molecule has 2 heterocycles. The Hall–Kier alpha value is -1.99. The van der Waals surface area contributed by atoms with Crippen molar-refractivity contribution in [3.8, 4) is 0 Å². The summed E-state index contributed by atoms with van der Waals surface area (Å²) in [4.78, 5) is 18.4. The number of rotatable bonds is 8. The van der Waals surface area contributed by atoms with Crippen LogP contribution in [0.3, 0.4) is 0 Å². The number of piperidine rings is 1. The molecular formula is C22H31N3O3S. The lowest BCUT2D eigenvalue weighted by molar-refractivity contribution is -0.122. The Kier molecular flexibility index (Phi) is 6.90. The van der Waals surface area contributed by atoms with Crippen LogP contribution in [0.5, 0.6) is 0 Å². The van der Waals surface area contributed by atoms with Gasteiger partial charge in [-0.2, -0.15) is 0 Å². The lowest BCUT2D eigenvalue weighted by atomic mass is 9.94. The third-order valence-electron chi connectivity index (χ3n) is 5.39. The molecule has 1 aromatic heterocycles. The topological polar surface area (TPSA) is 72.3 Å². The minimum absolute atomic E-state index is 0.0570. The summed E-state index contributed by atoms with van der Waals surface area (Å²) in [5, 5.41) is 0.144. The molecule has 0 spiro atoms. The van der Waals surface area contributed by atoms with E-state index in [-0.39, 0.29) is 22.6 Å². The van der Waals surface area contributed by atoms with Crippen molar-refractivity contribution in [2.45, 2.75) is 57.6 Å². The lowest BCUT2D eigenvalue weighted by Gasteiger charge is -2.31. The highest BCUT2D eigenvalue weighted by molar-refractivity contribution is 7.90. The summed E-state index contributed by atoms with van der Waals surface area (Å²) in [7, 11) is -3.55. The van der Waals surface area contributed by atoms with Crippen molar-refractivity contribution < 1.29 is 13.2 Å². The van der Waals surface area contributed by atoms with Gasteiger partial charge in [-0.05, 0) is 37.8 Å². The van der Waals surface area contributed by atoms with Gasteiger partial charge in [-0.15, -0.1) is 0 Å². The smallest absolute Gasteiger partial charge is 0.228 e. The quantitative estimate of drug-likeness (QED) is 0.659. The van der Waals surface area contributed by atoms with Crippen molar-refractivity contribution in [2.75, 3.05) is 13.1 Å². The van der Waals surface area contributed by atoms with Crippen LogP contribution in [0.1, 0.15) is 44.9 Å². The second kappa shape index (κ2) is 9.22. The Morgan fingerprint density at radius 1 is 1.24 bits per heavy atom. The number of Topliss-reactive ketones (excluding diaryl/α,β-unsaturated/α-hetero) is 1. The van der Waals surface area contributed by atoms with E-state index >= 15 is 0 Å². The monoisotopic (exact) mass is 417 g/mol. The van der Waals surface area contributed by atoms with E-state index in [0.29, 0.717) is 19.0 Å². The Bertz CT molecular complexity index is 935. The molecule has 1 aliphatic heterocycles. The van der Waals surface area contributed by atoms with Crippen LogP contribution in [-0.4, -0.2) is 41.7 Å². The molecule has 158 valence electrons. The summed E-state index contributed by atoms with van der Waals surface area (Å²) in [5.41, 5.74) is 1.66. The van der Waals surface area contributed by atoms with Crippen LogP contribution in [0.25, 0.3) is 0 Å². The Morgan fingerprint density at radius 2 is 1.97 bits per heavy atom. The molecule has 3 rings (SSSR count). The van der Waals surface area contributed by atoms with Crippen molar-refractivity contribution in [1.82, 2.24) is 14.5 Å². The molecule has 0 saturated carbocycles. The van der Waals surface area contributed by atoms with Gasteiger partial charge in [-0.3, -0.25) is 9.69 Å². The van der Waals surface area contributed by atoms with Gasteiger partial charge < -0.3 is 4.57 Å². The molecule has 1 atom stereocenters. The fourth-order valence-electron chi connectivity index (χ4n) is 3.95. The van der Waals surface area contributed by atoms with Crippen molar-refractivity contribution in [3.05, 3.63) is 47.8 Å². The fourth-order valence-corrected chi connectivity index (χ4v) is 5.45. The molecular weight excluding hydrogens is 386 g/mol. The standard InChI is InChI=1S/C22H31N3O3S/c1-17(2)13-25-21(15-24-11-7-10-20(14-24)18(3)26)12-23-22(25)29(27,28)16-19-8-5-4-6-9-19/h4-6,8-9,12,17,20H,7,10-11,13-16H2,1-3H3/t20-/m1/s1. The van der Waals surface area contributed by atoms with E-state index in [2.05, 4.69) is 23.7 Å². The van der Waals surface area contributed by atoms with Gasteiger partial charge in [0, 0.05) is 25.6 Å². The first-order chi connectivity index (χ1) is 13.8. The first kappa shape index (κ1) is 21.7. The Morgan fingerprint density at radius 3 is 2.62 bits per heavy atom. The molecule has 0 bridgehead atoms. The van der Waals surface area contributed by atoms with Crippen LogP contribution < -0.4 is 0 Å². The maximum Gasteiger partial charge on any atom is 0.228 e. The second-order valence-corrected chi connectivity index (χ2v) is 10.3. The van der Waals surface area contributed by atoms with E-state index in [1.54, 1.807) is 13.1 Å². The number of hydrogen-bond donors (Lipinski definition) is 0. The number of nitrogens with zero attached hydrogens (tertiary/aromatic N) is 3. The van der Waals surface area contributed by atoms with Gasteiger partial charge in [-0.25, -0.2) is 13.4 Å². The summed E-state index contributed by atoms with van der Waals surface area (Å²) in [6.07, 6.45) is 3.62. The normalized spacial score (nSPS) is 18.3. The maximum absolute atomic E-state index is 13.1. The zero-order valence-corrected chi connectivity index (χ0v) is 18.4. The molecule has 6 nitrogen and oxygen atoms in total. The molecule has 0 aliphatic carbocycles. The highest BCUT2D eigenvalue weighted by Crippen LogP contribution is 2.23. The highest BCUT2D eigenvalue weighted by Gasteiger charge is 2.27. The van der Waals surface area contributed by atoms with Crippen LogP contribution in [0.15, 0.2) is 41.7 Å². The van der Waals surface area contributed by atoms with Crippen LogP contribution in [0.2, 0.25) is 0 Å². The second-order valence-electron chi connectivity index (χ2n) is 8.47. The number of carbonyl (C=O) groups is 1. The summed E-state index contributed by atoms with van der Waals surface area (Å²) in [5.74, 6) is 0.543. The van der Waals surface area contributed by atoms with Crippen LogP contribution in [-0.2, 0) is 33.5 Å². The number of carbonyl (C=O) groups excluding carboxylic acids is 1. The van der Waals surface area contributed by atoms with Crippen LogP contribution in [0.4, 0.5) is 0 Å². The van der Waals surface area contributed by atoms with Gasteiger partial charge in [0.25, 0.3) is 0 Å². The van der Waals surface area contributed by atoms with Crippen LogP contribution in [0, 0.1) is 11.8 Å². The predicted octanol–water partition coefficient (Wildman–Crippen LogP) is 3.31. The molecule has 1 saturated heterocycles. The van der Waals surface area contributed by atoms with Gasteiger partial charge in [-0.1, -0.05) is 44.2 Å². The third kappa shape index (κ3) is 5.54. The molecule has 0 unspecified atom stereocenters. The molecule has 0 amide bonds. The van der Waals surface area contributed by atoms with Crippen molar-refractivity contribution in [1.29, 1.82) is 0 Å². The van der Waals surface area contributed by atoms with Crippen molar-refractivity contribution >= 4 is 15.6 Å². The first-order valence-electron chi connectivity index (χ1n) is 10.3. The Balaban J connectivity index is 1.85. The largest absolute Gasteiger partial charge is 0.317 e. The number of hydrogen-bond acceptors (Lipinski definition) is 5. The SMILES string of the molecule is CC(=O)[C@@H]1CCCN(Cc2cnc(S(=O)(=O)Cc3ccccc3)n2CC(C)C)C1. The van der Waals surface area contributed by atoms with E-state index in [1.807, 2.05) is 34.9 Å². The summed E-state index contributed by atoms with van der Waals surface area (Å²) in [6.45, 7) is 8.67. The van der Waals surface area contributed by atoms with Gasteiger partial charge in [0.15, 0.2) is 0 Å². The molecule has 1 aliphatic rings. The van der Waals surface area contributed by atoms with Gasteiger partial charge in [0.2, 0.25) is 15.0 Å². The first-order valence-corrected chi connectivity index (χ1v) is 12.0. The number of aromatic nitrogens is 2. The third-order valence-corrected chi connectivity index (χ3v) is 6.99. The molecule has 0 N–H and O–H groups in total. The van der Waals surface area contributed by atoms with E-state index < -0.39 is 9.84 Å². The van der Waals surface area contributed by atoms with Crippen molar-refractivity contribution in [2.24, 2.45) is 11.8 Å². The van der Waals surface area contributed by atoms with Gasteiger partial charge in [0.05, 0.1) is 17.6 Å². The zero-order valence-electron chi connectivity index (χ0n) is 17.5. The number of benzene rings is 1. The number of ketones is 1. The van der Waals surface area contributed by atoms with Crippen molar-refractivity contribution in [3.63, 3.8) is 0 Å². The van der Waals surface area contributed by atoms with E-state index in [0.717, 1.165) is 37.2 Å². The predicted molar refractivity (Wildman–Crippen MR) is 113 cm³/mol. The molecule has 29 heavy (non-hydrogen) atoms. The van der Waals surface area contributed by atoms with E-state index in [1.165, 1.54) is 0 Å². The number of likely N-dealkylation sites (tertiary alicyclic amines) is 1. The molecule has 1 fully saturated rings. The van der Waals surface area contributed by atoms with E-state index in [9.17, 15) is 13.2 Å². The van der Waals surface area contributed by atoms with Gasteiger partial charge in [0.1, 0.15) is 5.78 Å². The highest BCUT2D eigenvalue weighted by atomic mass is 32.2. The average molecular weight is 418 g/mol. The molecule has 7 heteroatoms. The minimum Gasteiger partial charge on any atom is -0.317 e. The maximum atomic E-state index is 13.1. The molecule has 2 aromatic rings. The summed E-state index contributed by atoms with van der Waals surface area (Å²) >= 11 is 0. The van der Waals surface area contributed by atoms with E-state index in [4.69, 9.17) is 0 Å². The van der Waals surface area contributed by atoms with Crippen LogP contribution >= 0.6 is 0 Å². The number of sulfone groups is 1. The molecule has 0 radical (unpaired) electrons. The molecule has 1 aromatic carbocycles. The average Bonchev–Trinajstić information content (AvgIpc) is 3.05.